The lowest BCUT2D eigenvalue weighted by atomic mass is 9.79. The first kappa shape index (κ1) is 31.5. The number of carbonyl (C=O) groups excluding carboxylic acids is 4. The Bertz CT molecular complexity index is 1230. The van der Waals surface area contributed by atoms with E-state index in [9.17, 15) is 19.2 Å². The number of amides is 3. The van der Waals surface area contributed by atoms with Crippen LogP contribution in [0.25, 0.3) is 0 Å². The van der Waals surface area contributed by atoms with Gasteiger partial charge in [-0.1, -0.05) is 74.3 Å². The van der Waals surface area contributed by atoms with Crippen LogP contribution in [0.3, 0.4) is 0 Å². The van der Waals surface area contributed by atoms with Crippen LogP contribution >= 0.6 is 11.6 Å². The van der Waals surface area contributed by atoms with Crippen LogP contribution in [0.2, 0.25) is 5.02 Å². The van der Waals surface area contributed by atoms with Crippen molar-refractivity contribution in [3.05, 3.63) is 70.7 Å². The van der Waals surface area contributed by atoms with Gasteiger partial charge in [-0.05, 0) is 74.1 Å². The highest BCUT2D eigenvalue weighted by molar-refractivity contribution is 6.30. The number of aldehydes is 1. The van der Waals surface area contributed by atoms with Gasteiger partial charge in [-0.2, -0.15) is 0 Å². The van der Waals surface area contributed by atoms with Crippen molar-refractivity contribution in [1.82, 2.24) is 15.5 Å². The molecule has 2 fully saturated rings. The average molecular weight is 596 g/mol. The second-order valence-electron chi connectivity index (χ2n) is 12.0. The Morgan fingerprint density at radius 3 is 2.48 bits per heavy atom. The van der Waals surface area contributed by atoms with Gasteiger partial charge in [0.15, 0.2) is 0 Å². The number of benzene rings is 2. The van der Waals surface area contributed by atoms with Crippen molar-refractivity contribution in [1.29, 1.82) is 0 Å². The second kappa shape index (κ2) is 14.7. The minimum absolute atomic E-state index is 0.0682. The van der Waals surface area contributed by atoms with Crippen molar-refractivity contribution < 1.29 is 23.9 Å². The SMILES string of the molecule is CC(C)CC(C(=O)NC(C=O)CC1CCNC1=O)N(Cc1ccccc1)C(=O)OC1(c2cccc(Cl)c2)CCCCC1. The van der Waals surface area contributed by atoms with Gasteiger partial charge < -0.3 is 20.2 Å². The van der Waals surface area contributed by atoms with Crippen LogP contribution in [0.4, 0.5) is 4.79 Å². The summed E-state index contributed by atoms with van der Waals surface area (Å²) in [7, 11) is 0. The maximum Gasteiger partial charge on any atom is 0.411 e. The van der Waals surface area contributed by atoms with E-state index in [-0.39, 0.29) is 30.7 Å². The number of halogens is 1. The highest BCUT2D eigenvalue weighted by Gasteiger charge is 2.42. The lowest BCUT2D eigenvalue weighted by Gasteiger charge is -2.40. The normalized spacial score (nSPS) is 19.4. The summed E-state index contributed by atoms with van der Waals surface area (Å²) in [6.45, 7) is 4.69. The van der Waals surface area contributed by atoms with E-state index in [0.29, 0.717) is 43.5 Å². The van der Waals surface area contributed by atoms with Gasteiger partial charge >= 0.3 is 6.09 Å². The monoisotopic (exact) mass is 595 g/mol. The van der Waals surface area contributed by atoms with Crippen molar-refractivity contribution in [3.8, 4) is 0 Å². The number of nitrogens with zero attached hydrogens (tertiary/aromatic N) is 1. The number of rotatable bonds is 12. The van der Waals surface area contributed by atoms with Gasteiger partial charge in [0.25, 0.3) is 0 Å². The molecule has 3 amide bonds. The Morgan fingerprint density at radius 1 is 1.12 bits per heavy atom. The molecule has 3 unspecified atom stereocenters. The fourth-order valence-corrected chi connectivity index (χ4v) is 6.27. The average Bonchev–Trinajstić information content (AvgIpc) is 3.39. The molecule has 1 aliphatic heterocycles. The fraction of sp³-hybridized carbons (Fsp3) is 0.515. The van der Waals surface area contributed by atoms with Gasteiger partial charge in [0, 0.05) is 24.0 Å². The molecule has 1 aliphatic carbocycles. The third-order valence-corrected chi connectivity index (χ3v) is 8.53. The van der Waals surface area contributed by atoms with Crippen molar-refractivity contribution in [3.63, 3.8) is 0 Å². The first-order valence-corrected chi connectivity index (χ1v) is 15.4. The van der Waals surface area contributed by atoms with Gasteiger partial charge in [0.1, 0.15) is 17.9 Å². The minimum Gasteiger partial charge on any atom is -0.438 e. The highest BCUT2D eigenvalue weighted by atomic mass is 35.5. The molecular formula is C33H42ClN3O5. The van der Waals surface area contributed by atoms with Gasteiger partial charge in [0.2, 0.25) is 11.8 Å². The second-order valence-corrected chi connectivity index (χ2v) is 12.4. The Hall–Kier alpha value is -3.39. The molecule has 3 atom stereocenters. The number of hydrogen-bond acceptors (Lipinski definition) is 5. The summed E-state index contributed by atoms with van der Waals surface area (Å²) in [4.78, 5) is 53.8. The van der Waals surface area contributed by atoms with Crippen molar-refractivity contribution in [2.45, 2.75) is 89.4 Å². The molecule has 1 saturated carbocycles. The van der Waals surface area contributed by atoms with E-state index in [4.69, 9.17) is 16.3 Å². The van der Waals surface area contributed by atoms with Crippen LogP contribution in [0, 0.1) is 11.8 Å². The van der Waals surface area contributed by atoms with E-state index in [1.54, 1.807) is 6.07 Å². The van der Waals surface area contributed by atoms with Crippen LogP contribution in [0.1, 0.15) is 76.3 Å². The summed E-state index contributed by atoms with van der Waals surface area (Å²) in [6, 6.07) is 15.2. The number of nitrogens with one attached hydrogen (secondary N) is 2. The molecule has 2 aromatic rings. The third kappa shape index (κ3) is 8.12. The van der Waals surface area contributed by atoms with Crippen molar-refractivity contribution in [2.24, 2.45) is 11.8 Å². The van der Waals surface area contributed by atoms with E-state index in [2.05, 4.69) is 10.6 Å². The molecule has 42 heavy (non-hydrogen) atoms. The Morgan fingerprint density at radius 2 is 1.86 bits per heavy atom. The van der Waals surface area contributed by atoms with Crippen LogP contribution in [-0.2, 0) is 31.3 Å². The third-order valence-electron chi connectivity index (χ3n) is 8.29. The summed E-state index contributed by atoms with van der Waals surface area (Å²) in [5.41, 5.74) is 0.851. The maximum atomic E-state index is 14.3. The minimum atomic E-state index is -0.891. The molecule has 0 radical (unpaired) electrons. The molecule has 4 rings (SSSR count). The van der Waals surface area contributed by atoms with Crippen molar-refractivity contribution in [2.75, 3.05) is 6.54 Å². The Labute approximate surface area is 253 Å². The predicted octanol–water partition coefficient (Wildman–Crippen LogP) is 5.76. The smallest absolute Gasteiger partial charge is 0.411 e. The zero-order valence-electron chi connectivity index (χ0n) is 24.5. The van der Waals surface area contributed by atoms with Crippen molar-refractivity contribution >= 4 is 35.8 Å². The maximum absolute atomic E-state index is 14.3. The summed E-state index contributed by atoms with van der Waals surface area (Å²) < 4.78 is 6.45. The molecule has 9 heteroatoms. The molecule has 2 N–H and O–H groups in total. The molecular weight excluding hydrogens is 554 g/mol. The zero-order chi connectivity index (χ0) is 30.1. The van der Waals surface area contributed by atoms with Crippen LogP contribution in [0.15, 0.2) is 54.6 Å². The summed E-state index contributed by atoms with van der Waals surface area (Å²) in [5, 5.41) is 6.19. The van der Waals surface area contributed by atoms with E-state index in [1.807, 2.05) is 62.4 Å². The van der Waals surface area contributed by atoms with Crippen LogP contribution in [0.5, 0.6) is 0 Å². The molecule has 0 spiro atoms. The highest BCUT2D eigenvalue weighted by Crippen LogP contribution is 2.42. The summed E-state index contributed by atoms with van der Waals surface area (Å²) >= 11 is 6.36. The van der Waals surface area contributed by atoms with E-state index < -0.39 is 29.7 Å². The van der Waals surface area contributed by atoms with Gasteiger partial charge in [-0.3, -0.25) is 14.5 Å². The quantitative estimate of drug-likeness (QED) is 0.303. The fourth-order valence-electron chi connectivity index (χ4n) is 6.08. The Kier molecular flexibility index (Phi) is 11.0. The van der Waals surface area contributed by atoms with Gasteiger partial charge in [-0.15, -0.1) is 0 Å². The molecule has 226 valence electrons. The van der Waals surface area contributed by atoms with E-state index >= 15 is 0 Å². The summed E-state index contributed by atoms with van der Waals surface area (Å²) in [5.74, 6) is -0.813. The summed E-state index contributed by atoms with van der Waals surface area (Å²) in [6.07, 6.45) is 5.49. The molecule has 0 aromatic heterocycles. The molecule has 1 saturated heterocycles. The lowest BCUT2D eigenvalue weighted by molar-refractivity contribution is -0.131. The topological polar surface area (TPSA) is 105 Å². The molecule has 8 nitrogen and oxygen atoms in total. The predicted molar refractivity (Wildman–Crippen MR) is 162 cm³/mol. The first-order chi connectivity index (χ1) is 20.2. The standard InChI is InChI=1S/C33H42ClN3O5/c1-23(2)18-29(31(40)36-28(22-38)19-25-14-17-35-30(25)39)37(21-24-10-5-3-6-11-24)32(41)42-33(15-7-4-8-16-33)26-12-9-13-27(34)20-26/h3,5-6,9-13,20,22-23,25,28-29H,4,7-8,14-19,21H2,1-2H3,(H,35,39)(H,36,40). The van der Waals surface area contributed by atoms with E-state index in [0.717, 1.165) is 30.4 Å². The molecule has 2 aromatic carbocycles. The molecule has 1 heterocycles. The largest absolute Gasteiger partial charge is 0.438 e. The first-order valence-electron chi connectivity index (χ1n) is 15.0. The van der Waals surface area contributed by atoms with Crippen LogP contribution < -0.4 is 10.6 Å². The molecule has 0 bridgehead atoms. The number of carbonyl (C=O) groups is 4. The number of ether oxygens (including phenoxy) is 1. The van der Waals surface area contributed by atoms with Gasteiger partial charge in [-0.25, -0.2) is 4.79 Å². The zero-order valence-corrected chi connectivity index (χ0v) is 25.3. The lowest BCUT2D eigenvalue weighted by Crippen LogP contribution is -2.54. The molecule has 2 aliphatic rings. The number of hydrogen-bond donors (Lipinski definition) is 2. The Balaban J connectivity index is 1.64. The van der Waals surface area contributed by atoms with Gasteiger partial charge in [0.05, 0.1) is 6.04 Å². The van der Waals surface area contributed by atoms with Crippen LogP contribution in [-0.4, -0.2) is 47.7 Å². The van der Waals surface area contributed by atoms with E-state index in [1.165, 1.54) is 4.90 Å².